The zero-order valence-corrected chi connectivity index (χ0v) is 38.5. The van der Waals surface area contributed by atoms with Crippen LogP contribution in [0.4, 0.5) is 17.1 Å². The van der Waals surface area contributed by atoms with Crippen molar-refractivity contribution in [1.82, 2.24) is 0 Å². The van der Waals surface area contributed by atoms with Gasteiger partial charge in [-0.2, -0.15) is 0 Å². The van der Waals surface area contributed by atoms with Gasteiger partial charge >= 0.3 is 0 Å². The van der Waals surface area contributed by atoms with Gasteiger partial charge in [-0.15, -0.1) is 0 Å². The Hall–Kier alpha value is -7.00. The van der Waals surface area contributed by atoms with E-state index >= 15 is 0 Å². The van der Waals surface area contributed by atoms with Crippen molar-refractivity contribution in [2.45, 2.75) is 57.3 Å². The maximum Gasteiger partial charge on any atom is 0.179 e. The van der Waals surface area contributed by atoms with E-state index in [0.29, 0.717) is 5.92 Å². The van der Waals surface area contributed by atoms with Crippen molar-refractivity contribution in [1.29, 1.82) is 0 Å². The minimum absolute atomic E-state index is 0.235. The number of anilines is 3. The highest BCUT2D eigenvalue weighted by molar-refractivity contribution is 7.19. The van der Waals surface area contributed by atoms with Crippen molar-refractivity contribution < 1.29 is 0 Å². The summed E-state index contributed by atoms with van der Waals surface area (Å²) in [5.74, 6) is 0.650. The van der Waals surface area contributed by atoms with Gasteiger partial charge in [-0.1, -0.05) is 215 Å². The Morgan fingerprint density at radius 3 is 1.38 bits per heavy atom. The third-order valence-electron chi connectivity index (χ3n) is 14.6. The molecule has 0 radical (unpaired) electrons. The molecule has 316 valence electrons. The molecule has 0 aliphatic heterocycles. The molecule has 0 spiro atoms. The first-order valence-corrected chi connectivity index (χ1v) is 25.6. The Bertz CT molecular complexity index is 2950. The zero-order chi connectivity index (χ0) is 43.8. The summed E-state index contributed by atoms with van der Waals surface area (Å²) in [6.07, 6.45) is 6.60. The van der Waals surface area contributed by atoms with E-state index in [1.807, 2.05) is 0 Å². The van der Waals surface area contributed by atoms with Crippen LogP contribution in [0, 0.1) is 0 Å². The molecule has 9 aromatic rings. The summed E-state index contributed by atoms with van der Waals surface area (Å²) in [6, 6.07) is 86.9. The molecule has 2 aliphatic rings. The van der Waals surface area contributed by atoms with Crippen molar-refractivity contribution in [2.24, 2.45) is 0 Å². The molecule has 0 amide bonds. The molecule has 0 unspecified atom stereocenters. The van der Waals surface area contributed by atoms with Crippen molar-refractivity contribution >= 4 is 45.9 Å². The summed E-state index contributed by atoms with van der Waals surface area (Å²) in [6.45, 7) is 4.84. The average Bonchev–Trinajstić information content (AvgIpc) is 3.61. The topological polar surface area (TPSA) is 3.24 Å². The van der Waals surface area contributed by atoms with Gasteiger partial charge in [0.25, 0.3) is 0 Å². The minimum Gasteiger partial charge on any atom is -0.310 e. The smallest absolute Gasteiger partial charge is 0.179 e. The molecule has 1 nitrogen and oxygen atoms in total. The molecule has 2 heteroatoms. The highest BCUT2D eigenvalue weighted by Gasteiger charge is 2.42. The summed E-state index contributed by atoms with van der Waals surface area (Å²) in [4.78, 5) is 2.50. The van der Waals surface area contributed by atoms with Crippen molar-refractivity contribution in [2.75, 3.05) is 4.90 Å². The van der Waals surface area contributed by atoms with Crippen LogP contribution >= 0.6 is 0 Å². The third-order valence-corrected chi connectivity index (χ3v) is 19.4. The molecule has 0 atom stereocenters. The predicted octanol–water partition coefficient (Wildman–Crippen LogP) is 14.2. The molecular weight excluding hydrogens is 799 g/mol. The van der Waals surface area contributed by atoms with Crippen LogP contribution in [-0.4, -0.2) is 8.07 Å². The first kappa shape index (κ1) is 40.8. The first-order chi connectivity index (χ1) is 32.0. The summed E-state index contributed by atoms with van der Waals surface area (Å²) in [5.41, 5.74) is 15.2. The van der Waals surface area contributed by atoms with E-state index in [-0.39, 0.29) is 5.41 Å². The van der Waals surface area contributed by atoms with Crippen LogP contribution in [0.25, 0.3) is 33.4 Å². The molecule has 0 heterocycles. The van der Waals surface area contributed by atoms with Crippen molar-refractivity contribution in [3.8, 4) is 33.4 Å². The number of benzene rings is 9. The van der Waals surface area contributed by atoms with Crippen molar-refractivity contribution in [3.63, 3.8) is 0 Å². The standard InChI is InChI=1S/C63H55NSi/c1-63(2)60-45-53(39-42-58(60)62-59(49-25-13-5-14-26-49)43-50(44-61(62)63)47-23-11-4-12-24-47)64(51-35-33-48(34-36-51)46-21-9-3-10-22-46)52-37-40-57(41-38-52)65(54-27-15-6-16-28-54,55-29-17-7-18-30-55)56-31-19-8-20-32-56/h4-8,11-20,23-46H,3,9-10,21-22H2,1-2H3. The first-order valence-electron chi connectivity index (χ1n) is 23.6. The summed E-state index contributed by atoms with van der Waals surface area (Å²) in [5, 5.41) is 5.51. The number of hydrogen-bond acceptors (Lipinski definition) is 1. The Labute approximate surface area is 386 Å². The summed E-state index contributed by atoms with van der Waals surface area (Å²) >= 11 is 0. The van der Waals surface area contributed by atoms with E-state index in [2.05, 4.69) is 249 Å². The number of rotatable bonds is 10. The minimum atomic E-state index is -2.69. The lowest BCUT2D eigenvalue weighted by Gasteiger charge is -2.35. The lowest BCUT2D eigenvalue weighted by Crippen LogP contribution is -2.74. The molecule has 1 fully saturated rings. The van der Waals surface area contributed by atoms with E-state index in [9.17, 15) is 0 Å². The van der Waals surface area contributed by atoms with Gasteiger partial charge in [0.2, 0.25) is 0 Å². The van der Waals surface area contributed by atoms with E-state index in [1.54, 1.807) is 0 Å². The van der Waals surface area contributed by atoms with E-state index in [1.165, 1.54) is 114 Å². The molecule has 65 heavy (non-hydrogen) atoms. The zero-order valence-electron chi connectivity index (χ0n) is 37.5. The largest absolute Gasteiger partial charge is 0.310 e. The lowest BCUT2D eigenvalue weighted by molar-refractivity contribution is 0.443. The second-order valence-electron chi connectivity index (χ2n) is 18.7. The number of hydrogen-bond donors (Lipinski definition) is 0. The van der Waals surface area contributed by atoms with Crippen LogP contribution in [-0.2, 0) is 5.41 Å². The van der Waals surface area contributed by atoms with Gasteiger partial charge in [0.15, 0.2) is 8.07 Å². The third kappa shape index (κ3) is 7.27. The summed E-state index contributed by atoms with van der Waals surface area (Å²) < 4.78 is 0. The Morgan fingerprint density at radius 1 is 0.385 bits per heavy atom. The van der Waals surface area contributed by atoms with Crippen LogP contribution in [0.1, 0.15) is 68.6 Å². The lowest BCUT2D eigenvalue weighted by atomic mass is 9.80. The maximum atomic E-state index is 2.50. The highest BCUT2D eigenvalue weighted by Crippen LogP contribution is 2.55. The van der Waals surface area contributed by atoms with Gasteiger partial charge < -0.3 is 4.90 Å². The molecule has 11 rings (SSSR count). The highest BCUT2D eigenvalue weighted by atomic mass is 28.3. The normalized spacial score (nSPS) is 14.4. The van der Waals surface area contributed by atoms with E-state index in [4.69, 9.17) is 0 Å². The molecule has 0 N–H and O–H groups in total. The monoisotopic (exact) mass is 853 g/mol. The van der Waals surface area contributed by atoms with Gasteiger partial charge in [0.05, 0.1) is 0 Å². The molecule has 0 saturated heterocycles. The molecular formula is C63H55NSi. The molecule has 0 bridgehead atoms. The van der Waals surface area contributed by atoms with Crippen LogP contribution in [0.5, 0.6) is 0 Å². The quantitative estimate of drug-likeness (QED) is 0.0979. The fourth-order valence-corrected chi connectivity index (χ4v) is 16.1. The molecule has 1 saturated carbocycles. The second kappa shape index (κ2) is 17.2. The van der Waals surface area contributed by atoms with E-state index in [0.717, 1.165) is 5.69 Å². The Kier molecular flexibility index (Phi) is 10.8. The van der Waals surface area contributed by atoms with Gasteiger partial charge in [0, 0.05) is 22.5 Å². The SMILES string of the molecule is CC1(C)c2cc(N(c3ccc(C4CCCCC4)cc3)c3ccc([Si](c4ccccc4)(c4ccccc4)c4ccccc4)cc3)ccc2-c2c(-c3ccccc3)cc(-c3ccccc3)cc21. The van der Waals surface area contributed by atoms with Crippen LogP contribution in [0.15, 0.2) is 231 Å². The maximum absolute atomic E-state index is 2.69. The fourth-order valence-electron chi connectivity index (χ4n) is 11.3. The second-order valence-corrected chi connectivity index (χ2v) is 22.5. The summed E-state index contributed by atoms with van der Waals surface area (Å²) in [7, 11) is -2.69. The average molecular weight is 854 g/mol. The van der Waals surface area contributed by atoms with Crippen LogP contribution in [0.2, 0.25) is 0 Å². The van der Waals surface area contributed by atoms with Gasteiger partial charge in [0.1, 0.15) is 0 Å². The molecule has 0 aromatic heterocycles. The van der Waals surface area contributed by atoms with Gasteiger partial charge in [-0.05, 0) is 138 Å². The van der Waals surface area contributed by atoms with Crippen LogP contribution in [0.3, 0.4) is 0 Å². The number of fused-ring (bicyclic) bond motifs is 3. The van der Waals surface area contributed by atoms with E-state index < -0.39 is 8.07 Å². The number of nitrogens with zero attached hydrogens (tertiary/aromatic N) is 1. The van der Waals surface area contributed by atoms with Crippen LogP contribution < -0.4 is 25.6 Å². The molecule has 2 aliphatic carbocycles. The van der Waals surface area contributed by atoms with Crippen molar-refractivity contribution in [3.05, 3.63) is 247 Å². The van der Waals surface area contributed by atoms with Gasteiger partial charge in [-0.25, -0.2) is 0 Å². The Balaban J connectivity index is 1.07. The Morgan fingerprint density at radius 2 is 0.846 bits per heavy atom. The predicted molar refractivity (Wildman–Crippen MR) is 279 cm³/mol. The molecule has 9 aromatic carbocycles. The fraction of sp³-hybridized carbons (Fsp3) is 0.143. The van der Waals surface area contributed by atoms with Gasteiger partial charge in [-0.3, -0.25) is 0 Å².